The molecular weight excluding hydrogens is 852 g/mol. The molecule has 5 saturated heterocycles. The summed E-state index contributed by atoms with van der Waals surface area (Å²) in [5.74, 6) is 0.236. The molecule has 2 bridgehead atoms. The third-order valence-corrected chi connectivity index (χ3v) is 19.9. The van der Waals surface area contributed by atoms with Crippen molar-refractivity contribution in [3.63, 3.8) is 0 Å². The molecule has 9 N–H and O–H groups in total. The Kier molecular flexibility index (Phi) is 11.5. The van der Waals surface area contributed by atoms with Crippen LogP contribution in [0.15, 0.2) is 12.2 Å². The van der Waals surface area contributed by atoms with E-state index < -0.39 is 128 Å². The van der Waals surface area contributed by atoms with Crippen LogP contribution in [0.5, 0.6) is 0 Å². The molecule has 0 radical (unpaired) electrons. The zero-order valence-corrected chi connectivity index (χ0v) is 38.3. The molecule has 26 atom stereocenters. The molecule has 5 heterocycles. The van der Waals surface area contributed by atoms with Gasteiger partial charge in [0.15, 0.2) is 24.5 Å². The zero-order chi connectivity index (χ0) is 46.7. The van der Waals surface area contributed by atoms with Crippen molar-refractivity contribution in [1.29, 1.82) is 0 Å². The third-order valence-electron chi connectivity index (χ3n) is 19.9. The van der Waals surface area contributed by atoms with Gasteiger partial charge < -0.3 is 83.9 Å². The van der Waals surface area contributed by atoms with Crippen molar-refractivity contribution < 1.29 is 88.6 Å². The Morgan fingerprint density at radius 2 is 1.29 bits per heavy atom. The number of esters is 1. The van der Waals surface area contributed by atoms with Gasteiger partial charge in [0.05, 0.1) is 36.9 Å². The van der Waals surface area contributed by atoms with Crippen LogP contribution < -0.4 is 0 Å². The standard InChI is InChI=1S/C47H72O18/c1-19-8-13-46-15-14-45(7)44(6)12-9-23-42(3,4)25(10-11-43(23,5)36(44)35-37(62-35)47(45,24(46)16-19)65-41(46)57)61-40-34(64-38-31(55)29(53)26(50)20(2)58-38)33(28(52)22(18-49)60-40)63-39-32(56)30(54)27(51)21(17-48)59-39/h20-40,48-56H,1,8-18H2,2-7H3/t20-,21-,22+,23+,24+,25+,26-,27-,28+,29+,30+,31-,32-,33-,34+,35+,36+,37+,38+,39+,40-,43-,44-,45-,46+,47-/m0/s1. The van der Waals surface area contributed by atoms with Gasteiger partial charge >= 0.3 is 5.97 Å². The van der Waals surface area contributed by atoms with Gasteiger partial charge in [0.25, 0.3) is 0 Å². The Hall–Kier alpha value is -1.43. The maximum atomic E-state index is 14.1. The highest BCUT2D eigenvalue weighted by Gasteiger charge is 2.89. The van der Waals surface area contributed by atoms with Crippen LogP contribution in [0.1, 0.15) is 99.3 Å². The normalized spacial score (nSPS) is 59.0. The molecule has 65 heavy (non-hydrogen) atoms. The van der Waals surface area contributed by atoms with Gasteiger partial charge in [-0.05, 0) is 92.8 Å². The fourth-order valence-corrected chi connectivity index (χ4v) is 16.2. The lowest BCUT2D eigenvalue weighted by Crippen LogP contribution is -2.74. The molecular formula is C47H72O18. The summed E-state index contributed by atoms with van der Waals surface area (Å²) in [5.41, 5.74) is -1.35. The van der Waals surface area contributed by atoms with Crippen molar-refractivity contribution in [3.8, 4) is 0 Å². The highest BCUT2D eigenvalue weighted by molar-refractivity contribution is 5.82. The molecule has 10 rings (SSSR count). The first-order valence-electron chi connectivity index (χ1n) is 24.0. The summed E-state index contributed by atoms with van der Waals surface area (Å²) in [4.78, 5) is 14.1. The van der Waals surface area contributed by atoms with Crippen molar-refractivity contribution in [2.45, 2.75) is 215 Å². The molecule has 5 aliphatic heterocycles. The maximum absolute atomic E-state index is 14.1. The Balaban J connectivity index is 0.952. The van der Waals surface area contributed by atoms with Crippen LogP contribution in [0, 0.1) is 44.8 Å². The number of carbonyl (C=O) groups is 1. The summed E-state index contributed by atoms with van der Waals surface area (Å²) >= 11 is 0. The molecule has 0 amide bonds. The second kappa shape index (κ2) is 15.8. The first-order chi connectivity index (χ1) is 30.6. The topological polar surface area (TPSA) is 276 Å². The zero-order valence-electron chi connectivity index (χ0n) is 38.3. The smallest absolute Gasteiger partial charge is 0.313 e. The van der Waals surface area contributed by atoms with E-state index in [0.29, 0.717) is 6.42 Å². The van der Waals surface area contributed by atoms with E-state index in [9.17, 15) is 50.8 Å². The van der Waals surface area contributed by atoms with Gasteiger partial charge in [-0.15, -0.1) is 0 Å². The van der Waals surface area contributed by atoms with Crippen molar-refractivity contribution in [1.82, 2.24) is 0 Å². The summed E-state index contributed by atoms with van der Waals surface area (Å²) in [6.45, 7) is 16.0. The first-order valence-corrected chi connectivity index (χ1v) is 24.0. The number of ether oxygens (including phenoxy) is 8. The highest BCUT2D eigenvalue weighted by Crippen LogP contribution is 2.83. The third kappa shape index (κ3) is 6.32. The van der Waals surface area contributed by atoms with Crippen LogP contribution in [-0.4, -0.2) is 181 Å². The van der Waals surface area contributed by atoms with Crippen molar-refractivity contribution >= 4 is 5.97 Å². The molecule has 5 saturated carbocycles. The lowest BCUT2D eigenvalue weighted by Gasteiger charge is -2.72. The molecule has 0 aromatic heterocycles. The average molecular weight is 925 g/mol. The Bertz CT molecular complexity index is 1870. The van der Waals surface area contributed by atoms with Gasteiger partial charge in [-0.2, -0.15) is 0 Å². The average Bonchev–Trinajstić information content (AvgIpc) is 4.02. The van der Waals surface area contributed by atoms with E-state index in [1.807, 2.05) is 0 Å². The van der Waals surface area contributed by atoms with Gasteiger partial charge in [-0.1, -0.05) is 46.8 Å². The number of fused-ring (bicyclic) bond motifs is 6. The van der Waals surface area contributed by atoms with Gasteiger partial charge in [-0.25, -0.2) is 0 Å². The first kappa shape index (κ1) is 47.3. The second-order valence-corrected chi connectivity index (χ2v) is 23.0. The summed E-state index contributed by atoms with van der Waals surface area (Å²) in [5, 5.41) is 96.7. The Morgan fingerprint density at radius 1 is 0.662 bits per heavy atom. The Labute approximate surface area is 379 Å². The molecule has 0 aromatic carbocycles. The minimum Gasteiger partial charge on any atom is -0.455 e. The van der Waals surface area contributed by atoms with Gasteiger partial charge in [-0.3, -0.25) is 4.79 Å². The van der Waals surface area contributed by atoms with Crippen LogP contribution in [0.3, 0.4) is 0 Å². The molecule has 0 aromatic rings. The van der Waals surface area contributed by atoms with Crippen molar-refractivity contribution in [3.05, 3.63) is 12.2 Å². The highest BCUT2D eigenvalue weighted by atomic mass is 16.8. The lowest BCUT2D eigenvalue weighted by atomic mass is 9.31. The fourth-order valence-electron chi connectivity index (χ4n) is 16.2. The van der Waals surface area contributed by atoms with Crippen LogP contribution >= 0.6 is 0 Å². The van der Waals surface area contributed by atoms with Gasteiger partial charge in [0.1, 0.15) is 73.2 Å². The number of hydrogen-bond acceptors (Lipinski definition) is 18. The number of rotatable bonds is 8. The largest absolute Gasteiger partial charge is 0.455 e. The summed E-state index contributed by atoms with van der Waals surface area (Å²) in [7, 11) is 0. The summed E-state index contributed by atoms with van der Waals surface area (Å²) < 4.78 is 51.1. The van der Waals surface area contributed by atoms with Crippen LogP contribution in [0.4, 0.5) is 0 Å². The monoisotopic (exact) mass is 924 g/mol. The van der Waals surface area contributed by atoms with E-state index in [1.54, 1.807) is 0 Å². The van der Waals surface area contributed by atoms with E-state index >= 15 is 0 Å². The molecule has 0 unspecified atom stereocenters. The molecule has 18 nitrogen and oxygen atoms in total. The number of aliphatic hydroxyl groups is 9. The number of aliphatic hydroxyl groups excluding tert-OH is 9. The van der Waals surface area contributed by atoms with E-state index in [-0.39, 0.29) is 52.2 Å². The van der Waals surface area contributed by atoms with E-state index in [1.165, 1.54) is 12.5 Å². The lowest BCUT2D eigenvalue weighted by molar-refractivity contribution is -0.398. The summed E-state index contributed by atoms with van der Waals surface area (Å²) in [6.07, 6.45) is -17.4. The molecule has 18 heteroatoms. The number of allylic oxidation sites excluding steroid dienone is 1. The van der Waals surface area contributed by atoms with Gasteiger partial charge in [0, 0.05) is 11.3 Å². The molecule has 5 aliphatic carbocycles. The second-order valence-electron chi connectivity index (χ2n) is 23.0. The van der Waals surface area contributed by atoms with Crippen molar-refractivity contribution in [2.24, 2.45) is 44.8 Å². The molecule has 368 valence electrons. The Morgan fingerprint density at radius 3 is 1.98 bits per heavy atom. The predicted molar refractivity (Wildman–Crippen MR) is 222 cm³/mol. The maximum Gasteiger partial charge on any atom is 0.313 e. The van der Waals surface area contributed by atoms with Crippen LogP contribution in [0.25, 0.3) is 0 Å². The molecule has 10 fully saturated rings. The van der Waals surface area contributed by atoms with E-state index in [2.05, 4.69) is 41.2 Å². The minimum absolute atomic E-state index is 0.0403. The predicted octanol–water partition coefficient (Wildman–Crippen LogP) is -0.0743. The minimum atomic E-state index is -1.87. The SMILES string of the molecule is C=C1CC[C@]23CC[C@]4(C)[C@@](OC2=O)([C@@H]2O[C@@H]2[C@@H]2[C@@]5(C)CC[C@@H](O[C@@H]6O[C@H](CO)[C@@H](O)[C@H](O[C@H]7O[C@@H](CO)[C@H](O)[C@@H](O)[C@@H]7O)[C@H]6O[C@H]6O[C@@H](C)[C@H](O)[C@@H](O)[C@@H]6O)C(C)(C)[C@H]5CC[C@@]24C)[C@@H]3C1. The van der Waals surface area contributed by atoms with E-state index in [0.717, 1.165) is 51.4 Å². The van der Waals surface area contributed by atoms with Crippen molar-refractivity contribution in [2.75, 3.05) is 13.2 Å². The fraction of sp³-hybridized carbons (Fsp3) is 0.936. The van der Waals surface area contributed by atoms with Gasteiger partial charge in [0.2, 0.25) is 0 Å². The quantitative estimate of drug-likeness (QED) is 0.0667. The molecule has 1 spiro atoms. The number of hydrogen-bond donors (Lipinski definition) is 9. The number of carbonyl (C=O) groups excluding carboxylic acids is 1. The summed E-state index contributed by atoms with van der Waals surface area (Å²) in [6, 6.07) is 0. The number of epoxide rings is 1. The molecule has 10 aliphatic rings. The van der Waals surface area contributed by atoms with Crippen LogP contribution in [-0.2, 0) is 42.7 Å². The van der Waals surface area contributed by atoms with E-state index in [4.69, 9.17) is 37.9 Å². The van der Waals surface area contributed by atoms with Crippen LogP contribution in [0.2, 0.25) is 0 Å².